The summed E-state index contributed by atoms with van der Waals surface area (Å²) in [5, 5.41) is 0. The summed E-state index contributed by atoms with van der Waals surface area (Å²) in [6.45, 7) is 3.51. The van der Waals surface area contributed by atoms with Gasteiger partial charge in [0.25, 0.3) is 0 Å². The lowest BCUT2D eigenvalue weighted by molar-refractivity contribution is -0.927. The van der Waals surface area contributed by atoms with E-state index >= 15 is 0 Å². The largest absolute Gasteiger partial charge is 0.461 e. The van der Waals surface area contributed by atoms with E-state index in [1.807, 2.05) is 30.3 Å². The van der Waals surface area contributed by atoms with E-state index in [1.165, 1.54) is 11.1 Å². The highest BCUT2D eigenvalue weighted by atomic mass is 16.5. The zero-order chi connectivity index (χ0) is 20.9. The molecule has 0 radical (unpaired) electrons. The predicted molar refractivity (Wildman–Crippen MR) is 121 cm³/mol. The number of ether oxygens (including phenoxy) is 1. The van der Waals surface area contributed by atoms with Gasteiger partial charge in [0.1, 0.15) is 19.7 Å². The Morgan fingerprint density at radius 1 is 0.633 bits per heavy atom. The van der Waals surface area contributed by atoms with Crippen molar-refractivity contribution in [3.05, 3.63) is 108 Å². The summed E-state index contributed by atoms with van der Waals surface area (Å²) in [5.74, 6) is -0.100. The fourth-order valence-electron chi connectivity index (χ4n) is 3.64. The molecule has 0 atom stereocenters. The van der Waals surface area contributed by atoms with Crippen LogP contribution in [-0.4, -0.2) is 12.5 Å². The number of rotatable bonds is 12. The van der Waals surface area contributed by atoms with Gasteiger partial charge in [-0.2, -0.15) is 0 Å². The summed E-state index contributed by atoms with van der Waals surface area (Å²) in [4.78, 5) is 13.5. The SMILES string of the molecule is O=C(CCCCC[NH+](Cc1ccccc1)Cc1ccccc1)OCc1ccccc1. The normalized spacial score (nSPS) is 10.8. The number of benzene rings is 3. The van der Waals surface area contributed by atoms with E-state index in [0.717, 1.165) is 44.5 Å². The van der Waals surface area contributed by atoms with Crippen LogP contribution in [0, 0.1) is 0 Å². The van der Waals surface area contributed by atoms with Crippen LogP contribution in [0.5, 0.6) is 0 Å². The van der Waals surface area contributed by atoms with Crippen molar-refractivity contribution in [3.8, 4) is 0 Å². The second-order valence-electron chi connectivity index (χ2n) is 7.78. The first-order valence-corrected chi connectivity index (χ1v) is 10.9. The van der Waals surface area contributed by atoms with E-state index in [9.17, 15) is 4.79 Å². The topological polar surface area (TPSA) is 30.7 Å². The predicted octanol–water partition coefficient (Wildman–Crippen LogP) is 4.58. The lowest BCUT2D eigenvalue weighted by Crippen LogP contribution is -3.09. The van der Waals surface area contributed by atoms with E-state index in [0.29, 0.717) is 13.0 Å². The third-order valence-electron chi connectivity index (χ3n) is 5.25. The lowest BCUT2D eigenvalue weighted by Gasteiger charge is -2.20. The van der Waals surface area contributed by atoms with Gasteiger partial charge in [-0.15, -0.1) is 0 Å². The van der Waals surface area contributed by atoms with Crippen molar-refractivity contribution in [2.75, 3.05) is 6.54 Å². The van der Waals surface area contributed by atoms with Gasteiger partial charge in [0, 0.05) is 17.5 Å². The van der Waals surface area contributed by atoms with E-state index in [2.05, 4.69) is 60.7 Å². The molecule has 3 nitrogen and oxygen atoms in total. The number of esters is 1. The maximum absolute atomic E-state index is 12.0. The van der Waals surface area contributed by atoms with Crippen LogP contribution >= 0.6 is 0 Å². The number of nitrogens with one attached hydrogen (secondary N) is 1. The molecule has 0 amide bonds. The number of hydrogen-bond acceptors (Lipinski definition) is 2. The Morgan fingerprint density at radius 3 is 1.67 bits per heavy atom. The molecule has 0 unspecified atom stereocenters. The average Bonchev–Trinajstić information content (AvgIpc) is 2.79. The van der Waals surface area contributed by atoms with Gasteiger partial charge in [0.2, 0.25) is 0 Å². The van der Waals surface area contributed by atoms with Gasteiger partial charge in [0.05, 0.1) is 6.54 Å². The summed E-state index contributed by atoms with van der Waals surface area (Å²) >= 11 is 0. The van der Waals surface area contributed by atoms with Crippen LogP contribution in [0.15, 0.2) is 91.0 Å². The third-order valence-corrected chi connectivity index (χ3v) is 5.25. The molecule has 0 heterocycles. The van der Waals surface area contributed by atoms with Crippen molar-refractivity contribution in [2.24, 2.45) is 0 Å². The number of hydrogen-bond donors (Lipinski definition) is 1. The molecule has 30 heavy (non-hydrogen) atoms. The van der Waals surface area contributed by atoms with Crippen LogP contribution in [0.2, 0.25) is 0 Å². The molecule has 0 bridgehead atoms. The smallest absolute Gasteiger partial charge is 0.306 e. The third kappa shape index (κ3) is 8.22. The Labute approximate surface area is 180 Å². The lowest BCUT2D eigenvalue weighted by atomic mass is 10.1. The molecule has 0 fully saturated rings. The molecule has 0 aliphatic rings. The number of carbonyl (C=O) groups is 1. The highest BCUT2D eigenvalue weighted by Crippen LogP contribution is 2.05. The molecule has 3 heteroatoms. The highest BCUT2D eigenvalue weighted by Gasteiger charge is 2.11. The molecule has 0 saturated carbocycles. The summed E-state index contributed by atoms with van der Waals surface area (Å²) in [5.41, 5.74) is 3.77. The second kappa shape index (κ2) is 12.6. The molecule has 3 aromatic rings. The molecule has 1 N–H and O–H groups in total. The van der Waals surface area contributed by atoms with Crippen LogP contribution in [-0.2, 0) is 29.2 Å². The summed E-state index contributed by atoms with van der Waals surface area (Å²) in [6, 6.07) is 31.2. The van der Waals surface area contributed by atoms with Gasteiger partial charge >= 0.3 is 5.97 Å². The first-order chi connectivity index (χ1) is 14.8. The van der Waals surface area contributed by atoms with Crippen molar-refractivity contribution in [1.82, 2.24) is 0 Å². The monoisotopic (exact) mass is 402 g/mol. The standard InChI is InChI=1S/C27H31NO2/c29-27(30-23-26-17-9-3-10-18-26)19-11-4-12-20-28(21-24-13-5-1-6-14-24)22-25-15-7-2-8-16-25/h1-3,5-10,13-18H,4,11-12,19-23H2/p+1. The minimum absolute atomic E-state index is 0.100. The van der Waals surface area contributed by atoms with Crippen molar-refractivity contribution in [3.63, 3.8) is 0 Å². The quantitative estimate of drug-likeness (QED) is 0.355. The summed E-state index contributed by atoms with van der Waals surface area (Å²) < 4.78 is 5.37. The molecule has 3 aromatic carbocycles. The molecule has 0 aromatic heterocycles. The Kier molecular flexibility index (Phi) is 9.16. The Bertz CT molecular complexity index is 808. The van der Waals surface area contributed by atoms with Crippen molar-refractivity contribution < 1.29 is 14.4 Å². The Balaban J connectivity index is 1.38. The molecular weight excluding hydrogens is 370 g/mol. The highest BCUT2D eigenvalue weighted by molar-refractivity contribution is 5.69. The summed E-state index contributed by atoms with van der Waals surface area (Å²) in [7, 11) is 0. The van der Waals surface area contributed by atoms with Gasteiger partial charge in [-0.05, 0) is 24.8 Å². The van der Waals surface area contributed by atoms with E-state index in [1.54, 1.807) is 4.90 Å². The first-order valence-electron chi connectivity index (χ1n) is 10.9. The molecule has 0 aliphatic heterocycles. The van der Waals surface area contributed by atoms with E-state index < -0.39 is 0 Å². The molecule has 3 rings (SSSR count). The molecule has 0 saturated heterocycles. The minimum Gasteiger partial charge on any atom is -0.461 e. The second-order valence-corrected chi connectivity index (χ2v) is 7.78. The first kappa shape index (κ1) is 21.8. The van der Waals surface area contributed by atoms with Gasteiger partial charge in [-0.3, -0.25) is 4.79 Å². The maximum atomic E-state index is 12.0. The fourth-order valence-corrected chi connectivity index (χ4v) is 3.64. The average molecular weight is 403 g/mol. The number of carbonyl (C=O) groups excluding carboxylic acids is 1. The number of unbranched alkanes of at least 4 members (excludes halogenated alkanes) is 2. The van der Waals surface area contributed by atoms with Gasteiger partial charge in [-0.1, -0.05) is 91.0 Å². The minimum atomic E-state index is -0.100. The molecule has 156 valence electrons. The van der Waals surface area contributed by atoms with Crippen LogP contribution in [0.1, 0.15) is 42.4 Å². The van der Waals surface area contributed by atoms with Crippen molar-refractivity contribution in [2.45, 2.75) is 45.4 Å². The van der Waals surface area contributed by atoms with Crippen LogP contribution in [0.3, 0.4) is 0 Å². The molecular formula is C27H32NO2+. The summed E-state index contributed by atoms with van der Waals surface area (Å²) in [6.07, 6.45) is 3.55. The van der Waals surface area contributed by atoms with Crippen molar-refractivity contribution in [1.29, 1.82) is 0 Å². The van der Waals surface area contributed by atoms with Gasteiger partial charge in [-0.25, -0.2) is 0 Å². The number of quaternary nitrogens is 1. The molecule has 0 spiro atoms. The zero-order valence-corrected chi connectivity index (χ0v) is 17.6. The van der Waals surface area contributed by atoms with Gasteiger partial charge in [0.15, 0.2) is 0 Å². The van der Waals surface area contributed by atoms with Crippen LogP contribution < -0.4 is 4.90 Å². The van der Waals surface area contributed by atoms with Crippen LogP contribution in [0.4, 0.5) is 0 Å². The Morgan fingerprint density at radius 2 is 1.13 bits per heavy atom. The maximum Gasteiger partial charge on any atom is 0.306 e. The van der Waals surface area contributed by atoms with E-state index in [-0.39, 0.29) is 5.97 Å². The van der Waals surface area contributed by atoms with Crippen molar-refractivity contribution >= 4 is 5.97 Å². The Hall–Kier alpha value is -2.91. The molecule has 0 aliphatic carbocycles. The van der Waals surface area contributed by atoms with E-state index in [4.69, 9.17) is 4.74 Å². The fraction of sp³-hybridized carbons (Fsp3) is 0.296. The van der Waals surface area contributed by atoms with Crippen LogP contribution in [0.25, 0.3) is 0 Å². The zero-order valence-electron chi connectivity index (χ0n) is 17.6. The van der Waals surface area contributed by atoms with Gasteiger partial charge < -0.3 is 9.64 Å².